The number of nitrogens with zero attached hydrogens (tertiary/aromatic N) is 3. The van der Waals surface area contributed by atoms with Gasteiger partial charge in [-0.1, -0.05) is 155 Å². The van der Waals surface area contributed by atoms with E-state index in [9.17, 15) is 0 Å². The van der Waals surface area contributed by atoms with Gasteiger partial charge in [-0.2, -0.15) is 0 Å². The Balaban J connectivity index is 2.03. The standard InChI is InChI=1S/C29H57N3S/c1-4-7-9-11-12-13-14-15-16-17-18-19-20-21-23-25-27-32-28(26-24-22-10-8-5-2)30-31-29(32)33-6-3/h4-27H2,1-3H3. The Morgan fingerprint density at radius 2 is 0.939 bits per heavy atom. The molecule has 1 rings (SSSR count). The van der Waals surface area contributed by atoms with Gasteiger partial charge in [0.15, 0.2) is 5.16 Å². The molecule has 0 N–H and O–H groups in total. The van der Waals surface area contributed by atoms with Crippen molar-refractivity contribution >= 4 is 11.8 Å². The minimum Gasteiger partial charge on any atom is -0.306 e. The minimum atomic E-state index is 1.08. The number of thioether (sulfide) groups is 1. The predicted molar refractivity (Wildman–Crippen MR) is 148 cm³/mol. The summed E-state index contributed by atoms with van der Waals surface area (Å²) in [7, 11) is 0. The van der Waals surface area contributed by atoms with Crippen LogP contribution in [0.15, 0.2) is 5.16 Å². The lowest BCUT2D eigenvalue weighted by Gasteiger charge is -2.10. The largest absolute Gasteiger partial charge is 0.306 e. The number of hydrogen-bond acceptors (Lipinski definition) is 3. The van der Waals surface area contributed by atoms with Crippen molar-refractivity contribution in [3.63, 3.8) is 0 Å². The number of hydrogen-bond donors (Lipinski definition) is 0. The van der Waals surface area contributed by atoms with Gasteiger partial charge >= 0.3 is 0 Å². The summed E-state index contributed by atoms with van der Waals surface area (Å²) in [6.45, 7) is 7.90. The predicted octanol–water partition coefficient (Wildman–Crippen LogP) is 10.2. The van der Waals surface area contributed by atoms with Crippen LogP contribution in [0.3, 0.4) is 0 Å². The van der Waals surface area contributed by atoms with Gasteiger partial charge < -0.3 is 4.57 Å². The third-order valence-corrected chi connectivity index (χ3v) is 7.66. The van der Waals surface area contributed by atoms with Crippen LogP contribution in [0.1, 0.15) is 161 Å². The summed E-state index contributed by atoms with van der Waals surface area (Å²) >= 11 is 1.85. The zero-order valence-electron chi connectivity index (χ0n) is 22.7. The van der Waals surface area contributed by atoms with Crippen molar-refractivity contribution in [1.82, 2.24) is 14.8 Å². The van der Waals surface area contributed by atoms with Gasteiger partial charge in [0.25, 0.3) is 0 Å². The van der Waals surface area contributed by atoms with Crippen molar-refractivity contribution in [3.8, 4) is 0 Å². The summed E-state index contributed by atoms with van der Waals surface area (Å²) in [6.07, 6.45) is 30.5. The van der Waals surface area contributed by atoms with Gasteiger partial charge in [0.1, 0.15) is 5.82 Å². The highest BCUT2D eigenvalue weighted by molar-refractivity contribution is 7.99. The molecule has 0 aliphatic carbocycles. The van der Waals surface area contributed by atoms with Crippen LogP contribution < -0.4 is 0 Å². The van der Waals surface area contributed by atoms with E-state index in [4.69, 9.17) is 0 Å². The van der Waals surface area contributed by atoms with E-state index >= 15 is 0 Å². The van der Waals surface area contributed by atoms with Gasteiger partial charge in [0, 0.05) is 13.0 Å². The summed E-state index contributed by atoms with van der Waals surface area (Å²) < 4.78 is 2.43. The fraction of sp³-hybridized carbons (Fsp3) is 0.931. The third-order valence-electron chi connectivity index (χ3n) is 6.81. The van der Waals surface area contributed by atoms with Gasteiger partial charge in [-0.3, -0.25) is 0 Å². The molecular formula is C29H57N3S. The lowest BCUT2D eigenvalue weighted by atomic mass is 10.0. The van der Waals surface area contributed by atoms with E-state index in [1.165, 1.54) is 141 Å². The highest BCUT2D eigenvalue weighted by Gasteiger charge is 2.11. The zero-order chi connectivity index (χ0) is 23.8. The summed E-state index contributed by atoms with van der Waals surface area (Å²) in [5, 5.41) is 10.2. The van der Waals surface area contributed by atoms with Crippen molar-refractivity contribution < 1.29 is 0 Å². The first-order valence-electron chi connectivity index (χ1n) is 14.9. The number of rotatable bonds is 25. The molecule has 0 spiro atoms. The first-order valence-corrected chi connectivity index (χ1v) is 15.9. The van der Waals surface area contributed by atoms with E-state index in [-0.39, 0.29) is 0 Å². The van der Waals surface area contributed by atoms with Crippen LogP contribution in [0, 0.1) is 0 Å². The second-order valence-corrected chi connectivity index (χ2v) is 11.2. The normalized spacial score (nSPS) is 11.5. The smallest absolute Gasteiger partial charge is 0.191 e. The molecule has 1 aromatic heterocycles. The number of unbranched alkanes of at least 4 members (excludes halogenated alkanes) is 19. The first kappa shape index (κ1) is 30.5. The Morgan fingerprint density at radius 3 is 1.39 bits per heavy atom. The Kier molecular flexibility index (Phi) is 21.5. The van der Waals surface area contributed by atoms with Gasteiger partial charge in [0.05, 0.1) is 0 Å². The Labute approximate surface area is 211 Å². The molecule has 0 aliphatic heterocycles. The molecule has 0 fully saturated rings. The van der Waals surface area contributed by atoms with Crippen LogP contribution in [0.4, 0.5) is 0 Å². The molecule has 0 saturated heterocycles. The Bertz CT molecular complexity index is 529. The molecule has 0 unspecified atom stereocenters. The van der Waals surface area contributed by atoms with Crippen molar-refractivity contribution in [3.05, 3.63) is 5.82 Å². The van der Waals surface area contributed by atoms with Gasteiger partial charge in [-0.15, -0.1) is 10.2 Å². The number of aromatic nitrogens is 3. The second-order valence-electron chi connectivity index (χ2n) is 9.95. The number of aryl methyl sites for hydroxylation is 1. The summed E-state index contributed by atoms with van der Waals surface area (Å²) in [4.78, 5) is 0. The van der Waals surface area contributed by atoms with E-state index in [0.29, 0.717) is 0 Å². The SMILES string of the molecule is CCCCCCCCCCCCCCCCCCn1c(CCCCCCC)nnc1SCC. The van der Waals surface area contributed by atoms with Gasteiger partial charge in [-0.05, 0) is 18.6 Å². The van der Waals surface area contributed by atoms with Crippen molar-refractivity contribution in [2.75, 3.05) is 5.75 Å². The fourth-order valence-electron chi connectivity index (χ4n) is 4.67. The molecule has 0 bridgehead atoms. The van der Waals surface area contributed by atoms with Crippen LogP contribution in [0.25, 0.3) is 0 Å². The maximum atomic E-state index is 4.54. The average Bonchev–Trinajstić information content (AvgIpc) is 3.20. The molecule has 0 amide bonds. The van der Waals surface area contributed by atoms with Crippen LogP contribution in [0.5, 0.6) is 0 Å². The quantitative estimate of drug-likeness (QED) is 0.103. The molecule has 1 aromatic rings. The Morgan fingerprint density at radius 1 is 0.515 bits per heavy atom. The van der Waals surface area contributed by atoms with Crippen LogP contribution in [-0.4, -0.2) is 20.5 Å². The van der Waals surface area contributed by atoms with Gasteiger partial charge in [0.2, 0.25) is 0 Å². The second kappa shape index (κ2) is 23.2. The van der Waals surface area contributed by atoms with E-state index < -0.39 is 0 Å². The van der Waals surface area contributed by atoms with Crippen molar-refractivity contribution in [2.24, 2.45) is 0 Å². The zero-order valence-corrected chi connectivity index (χ0v) is 23.5. The van der Waals surface area contributed by atoms with Crippen molar-refractivity contribution in [2.45, 2.75) is 174 Å². The summed E-state index contributed by atoms with van der Waals surface area (Å²) in [5.41, 5.74) is 0. The maximum Gasteiger partial charge on any atom is 0.191 e. The Hall–Kier alpha value is -0.510. The molecular weight excluding hydrogens is 422 g/mol. The molecule has 0 aliphatic rings. The van der Waals surface area contributed by atoms with Crippen LogP contribution >= 0.6 is 11.8 Å². The topological polar surface area (TPSA) is 30.7 Å². The molecule has 3 nitrogen and oxygen atoms in total. The highest BCUT2D eigenvalue weighted by Crippen LogP contribution is 2.20. The van der Waals surface area contributed by atoms with E-state index in [0.717, 1.165) is 23.9 Å². The molecule has 0 aromatic carbocycles. The van der Waals surface area contributed by atoms with E-state index in [2.05, 4.69) is 35.5 Å². The van der Waals surface area contributed by atoms with E-state index in [1.807, 2.05) is 11.8 Å². The molecule has 0 saturated carbocycles. The molecule has 0 atom stereocenters. The monoisotopic (exact) mass is 479 g/mol. The minimum absolute atomic E-state index is 1.08. The van der Waals surface area contributed by atoms with Crippen LogP contribution in [0.2, 0.25) is 0 Å². The average molecular weight is 480 g/mol. The molecule has 0 radical (unpaired) electrons. The van der Waals surface area contributed by atoms with E-state index in [1.54, 1.807) is 0 Å². The third kappa shape index (κ3) is 16.7. The lowest BCUT2D eigenvalue weighted by Crippen LogP contribution is -2.06. The van der Waals surface area contributed by atoms with Gasteiger partial charge in [-0.25, -0.2) is 0 Å². The maximum absolute atomic E-state index is 4.54. The highest BCUT2D eigenvalue weighted by atomic mass is 32.2. The summed E-state index contributed by atoms with van der Waals surface area (Å²) in [6, 6.07) is 0. The molecule has 33 heavy (non-hydrogen) atoms. The summed E-state index contributed by atoms with van der Waals surface area (Å²) in [5.74, 6) is 2.30. The molecule has 4 heteroatoms. The first-order chi connectivity index (χ1) is 16.3. The van der Waals surface area contributed by atoms with Crippen LogP contribution in [-0.2, 0) is 13.0 Å². The fourth-order valence-corrected chi connectivity index (χ4v) is 5.38. The molecule has 1 heterocycles. The van der Waals surface area contributed by atoms with Crippen molar-refractivity contribution in [1.29, 1.82) is 0 Å². The molecule has 194 valence electrons. The lowest BCUT2D eigenvalue weighted by molar-refractivity contribution is 0.504.